The Hall–Kier alpha value is -0.600. The summed E-state index contributed by atoms with van der Waals surface area (Å²) in [6.07, 6.45) is 9.51. The minimum absolute atomic E-state index is 1.03. The molecule has 1 rings (SSSR count). The molecule has 0 bridgehead atoms. The summed E-state index contributed by atoms with van der Waals surface area (Å²) in [6, 6.07) is 0. The number of likely N-dealkylation sites (N-methyl/N-ethyl adjacent to an activating group) is 1. The molecule has 0 aliphatic carbocycles. The van der Waals surface area contributed by atoms with Gasteiger partial charge in [0.05, 0.1) is 0 Å². The lowest BCUT2D eigenvalue weighted by Gasteiger charge is -2.12. The summed E-state index contributed by atoms with van der Waals surface area (Å²) in [7, 11) is 4.22. The van der Waals surface area contributed by atoms with Gasteiger partial charge in [0.2, 0.25) is 0 Å². The lowest BCUT2D eigenvalue weighted by atomic mass is 10.2. The lowest BCUT2D eigenvalue weighted by Crippen LogP contribution is -2.19. The minimum atomic E-state index is 1.03. The highest BCUT2D eigenvalue weighted by molar-refractivity contribution is 5.19. The van der Waals surface area contributed by atoms with Crippen molar-refractivity contribution in [3.05, 3.63) is 23.8 Å². The molecule has 0 amide bonds. The second-order valence-electron chi connectivity index (χ2n) is 4.51. The summed E-state index contributed by atoms with van der Waals surface area (Å²) >= 11 is 0. The SMILES string of the molecule is C/C=C(\C=C/CN1CCCC1)CN(C)C. The molecule has 86 valence electrons. The first-order valence-electron chi connectivity index (χ1n) is 5.91. The Morgan fingerprint density at radius 2 is 1.93 bits per heavy atom. The molecule has 2 nitrogen and oxygen atoms in total. The molecule has 0 atom stereocenters. The van der Waals surface area contributed by atoms with E-state index in [-0.39, 0.29) is 0 Å². The Kier molecular flexibility index (Phi) is 5.66. The molecule has 0 radical (unpaired) electrons. The summed E-state index contributed by atoms with van der Waals surface area (Å²) in [6.45, 7) is 6.82. The van der Waals surface area contributed by atoms with Crippen LogP contribution in [0, 0.1) is 0 Å². The van der Waals surface area contributed by atoms with Crippen LogP contribution in [0.15, 0.2) is 23.8 Å². The van der Waals surface area contributed by atoms with E-state index in [9.17, 15) is 0 Å². The highest BCUT2D eigenvalue weighted by Crippen LogP contribution is 2.07. The summed E-state index contributed by atoms with van der Waals surface area (Å²) < 4.78 is 0. The van der Waals surface area contributed by atoms with Gasteiger partial charge in [-0.3, -0.25) is 4.90 Å². The highest BCUT2D eigenvalue weighted by Gasteiger charge is 2.08. The van der Waals surface area contributed by atoms with Crippen molar-refractivity contribution in [1.82, 2.24) is 9.80 Å². The van der Waals surface area contributed by atoms with E-state index in [1.165, 1.54) is 31.5 Å². The largest absolute Gasteiger partial charge is 0.305 e. The van der Waals surface area contributed by atoms with E-state index < -0.39 is 0 Å². The van der Waals surface area contributed by atoms with Gasteiger partial charge < -0.3 is 4.90 Å². The molecule has 2 heteroatoms. The van der Waals surface area contributed by atoms with Crippen LogP contribution in [0.25, 0.3) is 0 Å². The van der Waals surface area contributed by atoms with Gasteiger partial charge in [-0.15, -0.1) is 0 Å². The number of hydrogen-bond acceptors (Lipinski definition) is 2. The summed E-state index contributed by atoms with van der Waals surface area (Å²) in [5, 5.41) is 0. The number of nitrogens with zero attached hydrogens (tertiary/aromatic N) is 2. The van der Waals surface area contributed by atoms with Gasteiger partial charge in [0, 0.05) is 13.1 Å². The molecule has 0 saturated carbocycles. The quantitative estimate of drug-likeness (QED) is 0.639. The van der Waals surface area contributed by atoms with Crippen molar-refractivity contribution in [1.29, 1.82) is 0 Å². The first-order valence-corrected chi connectivity index (χ1v) is 5.91. The minimum Gasteiger partial charge on any atom is -0.305 e. The van der Waals surface area contributed by atoms with Gasteiger partial charge in [-0.25, -0.2) is 0 Å². The standard InChI is InChI=1S/C13H24N2/c1-4-13(12-14(2)3)8-7-11-15-9-5-6-10-15/h4,7-8H,5-6,9-12H2,1-3H3/b8-7-,13-4+. The first kappa shape index (κ1) is 12.5. The smallest absolute Gasteiger partial charge is 0.0224 e. The van der Waals surface area contributed by atoms with Crippen molar-refractivity contribution >= 4 is 0 Å². The topological polar surface area (TPSA) is 6.48 Å². The van der Waals surface area contributed by atoms with Crippen molar-refractivity contribution in [3.63, 3.8) is 0 Å². The van der Waals surface area contributed by atoms with Crippen molar-refractivity contribution in [3.8, 4) is 0 Å². The van der Waals surface area contributed by atoms with Crippen molar-refractivity contribution in [2.45, 2.75) is 19.8 Å². The van der Waals surface area contributed by atoms with E-state index in [0.717, 1.165) is 13.1 Å². The third-order valence-corrected chi connectivity index (χ3v) is 2.76. The van der Waals surface area contributed by atoms with Crippen LogP contribution in [0.4, 0.5) is 0 Å². The van der Waals surface area contributed by atoms with Crippen molar-refractivity contribution in [2.24, 2.45) is 0 Å². The second kappa shape index (κ2) is 6.81. The predicted molar refractivity (Wildman–Crippen MR) is 67.1 cm³/mol. The molecule has 0 N–H and O–H groups in total. The Bertz CT molecular complexity index is 223. The first-order chi connectivity index (χ1) is 7.22. The van der Waals surface area contributed by atoms with Crippen molar-refractivity contribution in [2.75, 3.05) is 40.3 Å². The van der Waals surface area contributed by atoms with Crippen LogP contribution in [0.3, 0.4) is 0 Å². The predicted octanol–water partition coefficient (Wildman–Crippen LogP) is 2.15. The molecule has 1 fully saturated rings. The average Bonchev–Trinajstić information content (AvgIpc) is 2.68. The molecule has 15 heavy (non-hydrogen) atoms. The van der Waals surface area contributed by atoms with Crippen LogP contribution in [0.2, 0.25) is 0 Å². The van der Waals surface area contributed by atoms with Crippen molar-refractivity contribution < 1.29 is 0 Å². The van der Waals surface area contributed by atoms with Crippen LogP contribution in [0.1, 0.15) is 19.8 Å². The van der Waals surface area contributed by atoms with Gasteiger partial charge in [0.25, 0.3) is 0 Å². The third-order valence-electron chi connectivity index (χ3n) is 2.76. The molecule has 0 unspecified atom stereocenters. The zero-order chi connectivity index (χ0) is 11.1. The van der Waals surface area contributed by atoms with Crippen LogP contribution in [0.5, 0.6) is 0 Å². The van der Waals surface area contributed by atoms with E-state index in [1.54, 1.807) is 0 Å². The fraction of sp³-hybridized carbons (Fsp3) is 0.692. The van der Waals surface area contributed by atoms with E-state index in [0.29, 0.717) is 0 Å². The molecule has 0 aromatic rings. The normalized spacial score (nSPS) is 19.6. The highest BCUT2D eigenvalue weighted by atomic mass is 15.1. The van der Waals surface area contributed by atoms with Crippen LogP contribution in [-0.4, -0.2) is 50.1 Å². The zero-order valence-corrected chi connectivity index (χ0v) is 10.4. The molecule has 1 aliphatic heterocycles. The summed E-state index contributed by atoms with van der Waals surface area (Å²) in [5.41, 5.74) is 1.40. The third kappa shape index (κ3) is 5.14. The Labute approximate surface area is 94.3 Å². The number of allylic oxidation sites excluding steroid dienone is 1. The van der Waals surface area contributed by atoms with Gasteiger partial charge in [-0.1, -0.05) is 18.2 Å². The lowest BCUT2D eigenvalue weighted by molar-refractivity contribution is 0.377. The fourth-order valence-electron chi connectivity index (χ4n) is 1.92. The second-order valence-corrected chi connectivity index (χ2v) is 4.51. The molecule has 0 aromatic carbocycles. The molecule has 1 heterocycles. The number of rotatable bonds is 5. The molecule has 0 aromatic heterocycles. The Balaban J connectivity index is 2.28. The Morgan fingerprint density at radius 3 is 2.47 bits per heavy atom. The average molecular weight is 208 g/mol. The fourth-order valence-corrected chi connectivity index (χ4v) is 1.92. The summed E-state index contributed by atoms with van der Waals surface area (Å²) in [4.78, 5) is 4.72. The maximum atomic E-state index is 2.51. The van der Waals surface area contributed by atoms with Gasteiger partial charge in [0.15, 0.2) is 0 Å². The molecule has 0 spiro atoms. The van der Waals surface area contributed by atoms with Gasteiger partial charge in [-0.05, 0) is 52.5 Å². The van der Waals surface area contributed by atoms with Gasteiger partial charge in [0.1, 0.15) is 0 Å². The maximum Gasteiger partial charge on any atom is 0.0224 e. The maximum absolute atomic E-state index is 2.51. The number of hydrogen-bond donors (Lipinski definition) is 0. The van der Waals surface area contributed by atoms with E-state index in [4.69, 9.17) is 0 Å². The molecular weight excluding hydrogens is 184 g/mol. The van der Waals surface area contributed by atoms with Crippen LogP contribution >= 0.6 is 0 Å². The number of likely N-dealkylation sites (tertiary alicyclic amines) is 1. The molecule has 1 aliphatic rings. The van der Waals surface area contributed by atoms with Crippen LogP contribution < -0.4 is 0 Å². The van der Waals surface area contributed by atoms with E-state index in [2.05, 4.69) is 49.0 Å². The monoisotopic (exact) mass is 208 g/mol. The molecule has 1 saturated heterocycles. The van der Waals surface area contributed by atoms with Gasteiger partial charge >= 0.3 is 0 Å². The molecular formula is C13H24N2. The zero-order valence-electron chi connectivity index (χ0n) is 10.4. The Morgan fingerprint density at radius 1 is 1.27 bits per heavy atom. The van der Waals surface area contributed by atoms with Crippen LogP contribution in [-0.2, 0) is 0 Å². The van der Waals surface area contributed by atoms with E-state index >= 15 is 0 Å². The summed E-state index contributed by atoms with van der Waals surface area (Å²) in [5.74, 6) is 0. The van der Waals surface area contributed by atoms with Gasteiger partial charge in [-0.2, -0.15) is 0 Å². The van der Waals surface area contributed by atoms with E-state index in [1.807, 2.05) is 0 Å².